The van der Waals surface area contributed by atoms with Gasteiger partial charge in [0.05, 0.1) is 4.90 Å². The summed E-state index contributed by atoms with van der Waals surface area (Å²) < 4.78 is 27.5. The van der Waals surface area contributed by atoms with Gasteiger partial charge in [0.25, 0.3) is 0 Å². The van der Waals surface area contributed by atoms with Gasteiger partial charge in [0.1, 0.15) is 6.04 Å². The molecule has 28 heavy (non-hydrogen) atoms. The van der Waals surface area contributed by atoms with Crippen molar-refractivity contribution in [3.8, 4) is 0 Å². The highest BCUT2D eigenvalue weighted by atomic mass is 32.2. The van der Waals surface area contributed by atoms with E-state index in [4.69, 9.17) is 0 Å². The predicted octanol–water partition coefficient (Wildman–Crippen LogP) is 1.42. The fourth-order valence-corrected chi connectivity index (χ4v) is 5.73. The van der Waals surface area contributed by atoms with E-state index in [2.05, 4.69) is 24.7 Å². The first kappa shape index (κ1) is 21.2. The Hall–Kier alpha value is -1.48. The van der Waals surface area contributed by atoms with Crippen LogP contribution in [-0.2, 0) is 14.8 Å². The first-order chi connectivity index (χ1) is 13.2. The third-order valence-electron chi connectivity index (χ3n) is 5.53. The number of hydrazine groups is 1. The van der Waals surface area contributed by atoms with Crippen LogP contribution in [0.1, 0.15) is 37.8 Å². The molecule has 0 radical (unpaired) electrons. The first-order valence-corrected chi connectivity index (χ1v) is 11.5. The van der Waals surface area contributed by atoms with Crippen molar-refractivity contribution < 1.29 is 13.2 Å². The maximum absolute atomic E-state index is 13.0. The van der Waals surface area contributed by atoms with Gasteiger partial charge in [0, 0.05) is 32.2 Å². The summed E-state index contributed by atoms with van der Waals surface area (Å²) in [6, 6.07) is 5.47. The Morgan fingerprint density at radius 1 is 1.14 bits per heavy atom. The van der Waals surface area contributed by atoms with Crippen LogP contribution in [0.15, 0.2) is 23.1 Å². The predicted molar refractivity (Wildman–Crippen MR) is 109 cm³/mol. The number of amides is 1. The van der Waals surface area contributed by atoms with E-state index in [0.717, 1.165) is 24.0 Å². The maximum atomic E-state index is 13.0. The van der Waals surface area contributed by atoms with E-state index in [-0.39, 0.29) is 11.9 Å². The third kappa shape index (κ3) is 4.56. The van der Waals surface area contributed by atoms with Crippen molar-refractivity contribution >= 4 is 15.9 Å². The molecule has 2 atom stereocenters. The smallest absolute Gasteiger partial charge is 0.243 e. The molecule has 3 rings (SSSR count). The highest BCUT2D eigenvalue weighted by Crippen LogP contribution is 2.23. The van der Waals surface area contributed by atoms with Crippen molar-refractivity contribution in [1.82, 2.24) is 20.1 Å². The van der Waals surface area contributed by atoms with Crippen molar-refractivity contribution in [2.75, 3.05) is 26.2 Å². The van der Waals surface area contributed by atoms with E-state index in [1.165, 1.54) is 4.31 Å². The zero-order valence-electron chi connectivity index (χ0n) is 17.2. The summed E-state index contributed by atoms with van der Waals surface area (Å²) in [6.07, 6.45) is 1.80. The number of nitrogens with zero attached hydrogens (tertiary/aromatic N) is 2. The lowest BCUT2D eigenvalue weighted by Crippen LogP contribution is -2.54. The third-order valence-corrected chi connectivity index (χ3v) is 7.59. The second-order valence-electron chi connectivity index (χ2n) is 8.40. The van der Waals surface area contributed by atoms with Crippen molar-refractivity contribution in [3.63, 3.8) is 0 Å². The number of benzene rings is 1. The lowest BCUT2D eigenvalue weighted by atomic mass is 9.99. The second-order valence-corrected chi connectivity index (χ2v) is 10.3. The van der Waals surface area contributed by atoms with Crippen molar-refractivity contribution in [2.45, 2.75) is 57.5 Å². The molecule has 2 heterocycles. The molecule has 156 valence electrons. The van der Waals surface area contributed by atoms with Crippen LogP contribution in [0, 0.1) is 19.8 Å². The van der Waals surface area contributed by atoms with Crippen LogP contribution in [0.4, 0.5) is 0 Å². The molecule has 0 aromatic heterocycles. The number of hydrogen-bond donors (Lipinski definition) is 2. The van der Waals surface area contributed by atoms with Gasteiger partial charge < -0.3 is 4.90 Å². The molecule has 0 spiro atoms. The second kappa shape index (κ2) is 8.49. The summed E-state index contributed by atoms with van der Waals surface area (Å²) in [5.41, 5.74) is 8.14. The van der Waals surface area contributed by atoms with Crippen molar-refractivity contribution in [2.24, 2.45) is 5.92 Å². The maximum Gasteiger partial charge on any atom is 0.243 e. The van der Waals surface area contributed by atoms with Crippen molar-refractivity contribution in [1.29, 1.82) is 0 Å². The molecule has 1 amide bonds. The highest BCUT2D eigenvalue weighted by molar-refractivity contribution is 7.89. The Kier molecular flexibility index (Phi) is 6.44. The molecule has 0 saturated carbocycles. The van der Waals surface area contributed by atoms with Gasteiger partial charge in [0.15, 0.2) is 0 Å². The minimum Gasteiger partial charge on any atom is -0.339 e. The Morgan fingerprint density at radius 2 is 1.82 bits per heavy atom. The summed E-state index contributed by atoms with van der Waals surface area (Å²) in [5, 5.41) is 0. The van der Waals surface area contributed by atoms with Gasteiger partial charge in [-0.05, 0) is 44.2 Å². The van der Waals surface area contributed by atoms with E-state index in [9.17, 15) is 13.2 Å². The van der Waals surface area contributed by atoms with Crippen LogP contribution in [0.3, 0.4) is 0 Å². The lowest BCUT2D eigenvalue weighted by Gasteiger charge is -2.35. The Labute approximate surface area is 168 Å². The average molecular weight is 409 g/mol. The Bertz CT molecular complexity index is 817. The highest BCUT2D eigenvalue weighted by Gasteiger charge is 2.36. The molecule has 2 fully saturated rings. The SMILES string of the molecule is Cc1ccc(S(=O)(=O)N2CCN(C(=O)C3CC(CC(C)C)NN3)CC2)c(C)c1. The number of sulfonamides is 1. The fraction of sp³-hybridized carbons (Fsp3) is 0.650. The Morgan fingerprint density at radius 3 is 2.43 bits per heavy atom. The number of piperazine rings is 1. The zero-order chi connectivity index (χ0) is 20.5. The van der Waals surface area contributed by atoms with Gasteiger partial charge in [-0.25, -0.2) is 13.8 Å². The molecule has 8 heteroatoms. The summed E-state index contributed by atoms with van der Waals surface area (Å²) in [7, 11) is -3.53. The van der Waals surface area contributed by atoms with Gasteiger partial charge >= 0.3 is 0 Å². The minimum absolute atomic E-state index is 0.0577. The summed E-state index contributed by atoms with van der Waals surface area (Å²) in [6.45, 7) is 9.63. The first-order valence-electron chi connectivity index (χ1n) is 10.1. The molecule has 2 N–H and O–H groups in total. The number of carbonyl (C=O) groups is 1. The van der Waals surface area contributed by atoms with Gasteiger partial charge in [-0.2, -0.15) is 4.31 Å². The summed E-state index contributed by atoms with van der Waals surface area (Å²) >= 11 is 0. The van der Waals surface area contributed by atoms with E-state index in [1.807, 2.05) is 26.0 Å². The minimum atomic E-state index is -3.53. The van der Waals surface area contributed by atoms with Gasteiger partial charge in [-0.3, -0.25) is 10.2 Å². The number of hydrogen-bond acceptors (Lipinski definition) is 5. The number of aryl methyl sites for hydroxylation is 2. The van der Waals surface area contributed by atoms with Crippen LogP contribution >= 0.6 is 0 Å². The largest absolute Gasteiger partial charge is 0.339 e. The standard InChI is InChI=1S/C20H32N4O3S/c1-14(2)11-17-13-18(22-21-17)20(25)23-7-9-24(10-8-23)28(26,27)19-6-5-15(3)12-16(19)4/h5-6,12,14,17-18,21-22H,7-11,13H2,1-4H3. The van der Waals surface area contributed by atoms with E-state index in [1.54, 1.807) is 11.0 Å². The van der Waals surface area contributed by atoms with E-state index in [0.29, 0.717) is 43.0 Å². The summed E-state index contributed by atoms with van der Waals surface area (Å²) in [5.74, 6) is 0.634. The molecular weight excluding hydrogens is 376 g/mol. The molecule has 2 unspecified atom stereocenters. The van der Waals surface area contributed by atoms with E-state index >= 15 is 0 Å². The molecule has 2 aliphatic rings. The molecule has 7 nitrogen and oxygen atoms in total. The normalized spacial score (nSPS) is 24.1. The van der Waals surface area contributed by atoms with Crippen LogP contribution in [0.5, 0.6) is 0 Å². The number of nitrogens with one attached hydrogen (secondary N) is 2. The summed E-state index contributed by atoms with van der Waals surface area (Å²) in [4.78, 5) is 14.9. The van der Waals surface area contributed by atoms with Crippen LogP contribution < -0.4 is 10.9 Å². The van der Waals surface area contributed by atoms with Crippen LogP contribution in [0.2, 0.25) is 0 Å². The zero-order valence-corrected chi connectivity index (χ0v) is 18.1. The average Bonchev–Trinajstić information content (AvgIpc) is 3.08. The molecule has 2 saturated heterocycles. The quantitative estimate of drug-likeness (QED) is 0.770. The molecule has 2 aliphatic heterocycles. The molecular formula is C20H32N4O3S. The fourth-order valence-electron chi connectivity index (χ4n) is 4.10. The number of carbonyl (C=O) groups excluding carboxylic acids is 1. The number of rotatable bonds is 5. The van der Waals surface area contributed by atoms with Gasteiger partial charge in [-0.15, -0.1) is 0 Å². The van der Waals surface area contributed by atoms with Gasteiger partial charge in [-0.1, -0.05) is 31.5 Å². The van der Waals surface area contributed by atoms with Crippen molar-refractivity contribution in [3.05, 3.63) is 29.3 Å². The van der Waals surface area contributed by atoms with Crippen LogP contribution in [-0.4, -0.2) is 61.8 Å². The van der Waals surface area contributed by atoms with E-state index < -0.39 is 10.0 Å². The molecule has 0 bridgehead atoms. The lowest BCUT2D eigenvalue weighted by molar-refractivity contribution is -0.134. The monoisotopic (exact) mass is 408 g/mol. The molecule has 1 aromatic carbocycles. The Balaban J connectivity index is 1.59. The van der Waals surface area contributed by atoms with Crippen LogP contribution in [0.25, 0.3) is 0 Å². The van der Waals surface area contributed by atoms with Gasteiger partial charge in [0.2, 0.25) is 15.9 Å². The molecule has 0 aliphatic carbocycles. The molecule has 1 aromatic rings. The topological polar surface area (TPSA) is 81.8 Å².